The Morgan fingerprint density at radius 3 is 2.41 bits per heavy atom. The molecule has 0 amide bonds. The molecule has 1 heterocycles. The van der Waals surface area contributed by atoms with Crippen LogP contribution in [0.1, 0.15) is 18.4 Å². The monoisotopic (exact) mass is 240 g/mol. The highest BCUT2D eigenvalue weighted by molar-refractivity contribution is 5.51. The maximum absolute atomic E-state index is 12.4. The van der Waals surface area contributed by atoms with E-state index in [4.69, 9.17) is 5.26 Å². The second kappa shape index (κ2) is 4.28. The number of nitriles is 1. The van der Waals surface area contributed by atoms with Gasteiger partial charge >= 0.3 is 6.18 Å². The fourth-order valence-corrected chi connectivity index (χ4v) is 2.05. The van der Waals surface area contributed by atoms with Crippen LogP contribution < -0.4 is 4.90 Å². The topological polar surface area (TPSA) is 27.0 Å². The molecule has 0 saturated carbocycles. The molecule has 0 spiro atoms. The van der Waals surface area contributed by atoms with E-state index in [1.807, 2.05) is 4.90 Å². The summed E-state index contributed by atoms with van der Waals surface area (Å²) < 4.78 is 37.1. The predicted octanol–water partition coefficient (Wildman–Crippen LogP) is 3.20. The van der Waals surface area contributed by atoms with Crippen LogP contribution in [-0.2, 0) is 6.18 Å². The zero-order valence-corrected chi connectivity index (χ0v) is 9.04. The maximum atomic E-state index is 12.4. The van der Waals surface area contributed by atoms with Crippen molar-refractivity contribution < 1.29 is 13.2 Å². The van der Waals surface area contributed by atoms with E-state index in [2.05, 4.69) is 6.07 Å². The fourth-order valence-electron chi connectivity index (χ4n) is 2.05. The molecule has 0 N–H and O–H groups in total. The Balaban J connectivity index is 2.21. The Hall–Kier alpha value is -1.70. The molecule has 1 atom stereocenters. The van der Waals surface area contributed by atoms with Gasteiger partial charge in [0.25, 0.3) is 0 Å². The van der Waals surface area contributed by atoms with E-state index in [1.165, 1.54) is 12.1 Å². The third kappa shape index (κ3) is 2.36. The van der Waals surface area contributed by atoms with Crippen molar-refractivity contribution in [2.75, 3.05) is 11.4 Å². The van der Waals surface area contributed by atoms with Crippen LogP contribution in [0.3, 0.4) is 0 Å². The second-order valence-electron chi connectivity index (χ2n) is 4.03. The molecule has 2 nitrogen and oxygen atoms in total. The van der Waals surface area contributed by atoms with Gasteiger partial charge < -0.3 is 4.90 Å². The molecular weight excluding hydrogens is 229 g/mol. The van der Waals surface area contributed by atoms with Gasteiger partial charge in [0.05, 0.1) is 11.6 Å². The van der Waals surface area contributed by atoms with Crippen molar-refractivity contribution >= 4 is 5.69 Å². The van der Waals surface area contributed by atoms with Gasteiger partial charge in [-0.3, -0.25) is 0 Å². The average Bonchev–Trinajstić information content (AvgIpc) is 2.76. The number of benzene rings is 1. The molecule has 5 heteroatoms. The highest BCUT2D eigenvalue weighted by atomic mass is 19.4. The molecule has 1 aromatic rings. The quantitative estimate of drug-likeness (QED) is 0.753. The molecular formula is C12H11F3N2. The molecule has 1 saturated heterocycles. The van der Waals surface area contributed by atoms with E-state index in [0.29, 0.717) is 5.69 Å². The Bertz CT molecular complexity index is 431. The molecule has 0 aliphatic carbocycles. The van der Waals surface area contributed by atoms with Gasteiger partial charge in [-0.25, -0.2) is 0 Å². The van der Waals surface area contributed by atoms with Gasteiger partial charge in [-0.1, -0.05) is 0 Å². The summed E-state index contributed by atoms with van der Waals surface area (Å²) in [4.78, 5) is 1.85. The first-order valence-electron chi connectivity index (χ1n) is 5.36. The van der Waals surface area contributed by atoms with Gasteiger partial charge in [-0.05, 0) is 37.1 Å². The van der Waals surface area contributed by atoms with Crippen LogP contribution in [0.2, 0.25) is 0 Å². The zero-order chi connectivity index (χ0) is 12.5. The van der Waals surface area contributed by atoms with E-state index < -0.39 is 11.7 Å². The minimum absolute atomic E-state index is 0.216. The van der Waals surface area contributed by atoms with Crippen molar-refractivity contribution in [1.82, 2.24) is 0 Å². The molecule has 90 valence electrons. The number of alkyl halides is 3. The molecule has 1 fully saturated rings. The zero-order valence-electron chi connectivity index (χ0n) is 9.04. The van der Waals surface area contributed by atoms with Crippen molar-refractivity contribution in [1.29, 1.82) is 5.26 Å². The lowest BCUT2D eigenvalue weighted by Crippen LogP contribution is -2.27. The summed E-state index contributed by atoms with van der Waals surface area (Å²) in [6, 6.07) is 6.92. The molecule has 1 aliphatic rings. The van der Waals surface area contributed by atoms with E-state index in [-0.39, 0.29) is 6.04 Å². The summed E-state index contributed by atoms with van der Waals surface area (Å²) >= 11 is 0. The van der Waals surface area contributed by atoms with E-state index in [1.54, 1.807) is 0 Å². The van der Waals surface area contributed by atoms with Gasteiger partial charge in [0.1, 0.15) is 6.04 Å². The number of rotatable bonds is 1. The van der Waals surface area contributed by atoms with Crippen molar-refractivity contribution in [3.05, 3.63) is 29.8 Å². The minimum Gasteiger partial charge on any atom is -0.356 e. The summed E-state index contributed by atoms with van der Waals surface area (Å²) in [7, 11) is 0. The predicted molar refractivity (Wildman–Crippen MR) is 57.4 cm³/mol. The lowest BCUT2D eigenvalue weighted by Gasteiger charge is -2.22. The van der Waals surface area contributed by atoms with Gasteiger partial charge in [0.2, 0.25) is 0 Å². The van der Waals surface area contributed by atoms with Crippen molar-refractivity contribution in [3.63, 3.8) is 0 Å². The molecule has 1 unspecified atom stereocenters. The van der Waals surface area contributed by atoms with Crippen LogP contribution >= 0.6 is 0 Å². The molecule has 1 aliphatic heterocycles. The molecule has 1 aromatic carbocycles. The highest BCUT2D eigenvalue weighted by Gasteiger charge is 2.31. The molecule has 17 heavy (non-hydrogen) atoms. The third-order valence-electron chi connectivity index (χ3n) is 2.93. The Morgan fingerprint density at radius 2 is 1.88 bits per heavy atom. The second-order valence-corrected chi connectivity index (χ2v) is 4.03. The number of hydrogen-bond donors (Lipinski definition) is 0. The van der Waals surface area contributed by atoms with Crippen molar-refractivity contribution in [2.45, 2.75) is 25.1 Å². The number of anilines is 1. The molecule has 0 bridgehead atoms. The number of halogens is 3. The van der Waals surface area contributed by atoms with Gasteiger partial charge in [-0.2, -0.15) is 18.4 Å². The third-order valence-corrected chi connectivity index (χ3v) is 2.93. The largest absolute Gasteiger partial charge is 0.416 e. The minimum atomic E-state index is -4.31. The van der Waals surface area contributed by atoms with E-state index in [0.717, 1.165) is 31.5 Å². The Kier molecular flexibility index (Phi) is 2.97. The normalized spacial score (nSPS) is 20.4. The van der Waals surface area contributed by atoms with Gasteiger partial charge in [-0.15, -0.1) is 0 Å². The van der Waals surface area contributed by atoms with Crippen molar-refractivity contribution in [2.24, 2.45) is 0 Å². The first kappa shape index (κ1) is 11.8. The molecule has 0 aromatic heterocycles. The Labute approximate surface area is 97.3 Å². The summed E-state index contributed by atoms with van der Waals surface area (Å²) in [6.45, 7) is 0.726. The first-order chi connectivity index (χ1) is 8.02. The summed E-state index contributed by atoms with van der Waals surface area (Å²) in [6.07, 6.45) is -2.63. The summed E-state index contributed by atoms with van der Waals surface area (Å²) in [5, 5.41) is 8.91. The lowest BCUT2D eigenvalue weighted by atomic mass is 10.1. The van der Waals surface area contributed by atoms with Crippen LogP contribution in [0, 0.1) is 11.3 Å². The first-order valence-corrected chi connectivity index (χ1v) is 5.36. The summed E-state index contributed by atoms with van der Waals surface area (Å²) in [5.41, 5.74) is 0.0241. The SMILES string of the molecule is N#CC1CCCN1c1ccc(C(F)(F)F)cc1. The van der Waals surface area contributed by atoms with Crippen LogP contribution in [0.4, 0.5) is 18.9 Å². The Morgan fingerprint density at radius 1 is 1.24 bits per heavy atom. The van der Waals surface area contributed by atoms with Gasteiger partial charge in [0.15, 0.2) is 0 Å². The summed E-state index contributed by atoms with van der Waals surface area (Å²) in [5.74, 6) is 0. The molecule has 2 rings (SSSR count). The lowest BCUT2D eigenvalue weighted by molar-refractivity contribution is -0.137. The van der Waals surface area contributed by atoms with E-state index >= 15 is 0 Å². The van der Waals surface area contributed by atoms with Crippen LogP contribution in [0.15, 0.2) is 24.3 Å². The maximum Gasteiger partial charge on any atom is 0.416 e. The number of nitrogens with zero attached hydrogens (tertiary/aromatic N) is 2. The fraction of sp³-hybridized carbons (Fsp3) is 0.417. The average molecular weight is 240 g/mol. The van der Waals surface area contributed by atoms with Crippen LogP contribution in [0.25, 0.3) is 0 Å². The number of hydrogen-bond acceptors (Lipinski definition) is 2. The smallest absolute Gasteiger partial charge is 0.356 e. The van der Waals surface area contributed by atoms with E-state index in [9.17, 15) is 13.2 Å². The standard InChI is InChI=1S/C12H11F3N2/c13-12(14,15)9-3-5-10(6-4-9)17-7-1-2-11(17)8-16/h3-6,11H,1-2,7H2. The highest BCUT2D eigenvalue weighted by Crippen LogP contribution is 2.32. The molecule has 0 radical (unpaired) electrons. The van der Waals surface area contributed by atoms with Crippen LogP contribution in [0.5, 0.6) is 0 Å². The van der Waals surface area contributed by atoms with Crippen LogP contribution in [-0.4, -0.2) is 12.6 Å². The van der Waals surface area contributed by atoms with Crippen molar-refractivity contribution in [3.8, 4) is 6.07 Å². The van der Waals surface area contributed by atoms with Gasteiger partial charge in [0, 0.05) is 12.2 Å².